The molecule has 8 rings (SSSR count). The molecule has 0 aromatic heterocycles. The molecule has 4 aliphatic heterocycles. The SMILES string of the molecule is COC1=C(O)[C@H](OC)CC(C=CC(=O)O[C@H]2[C@H](O[C@H]3[C@H](OC4CC5C(CC(O)CC5O[C@@H]5O[C@H](CO)[C@@H](O)[C@H](O)[C@H]5O)OC4C4CCC(O)C(O)C4)O[C@H](COC(=O)C=CC4CCC(O)C(OC)C4)[C@@H](O)[C@@H]3O)O[C@H](CO)[C@@H](O)[C@@H]2O)=C1. The van der Waals surface area contributed by atoms with Crippen LogP contribution >= 0.6 is 0 Å². The molecule has 28 heteroatoms. The molecule has 0 aromatic rings. The molecule has 28 nitrogen and oxygen atoms in total. The van der Waals surface area contributed by atoms with Crippen LogP contribution in [0.3, 0.4) is 0 Å². The van der Waals surface area contributed by atoms with Gasteiger partial charge in [0.2, 0.25) is 0 Å². The number of hydrogen-bond donors (Lipinski definition) is 14. The van der Waals surface area contributed by atoms with E-state index in [0.717, 1.165) is 6.08 Å². The highest BCUT2D eigenvalue weighted by molar-refractivity contribution is 5.83. The minimum atomic E-state index is -2.07. The van der Waals surface area contributed by atoms with Gasteiger partial charge in [-0.3, -0.25) is 0 Å². The summed E-state index contributed by atoms with van der Waals surface area (Å²) in [6.07, 6.45) is -28.1. The van der Waals surface area contributed by atoms with Crippen molar-refractivity contribution in [3.63, 3.8) is 0 Å². The fourth-order valence-corrected chi connectivity index (χ4v) is 12.4. The van der Waals surface area contributed by atoms with E-state index in [9.17, 15) is 81.1 Å². The van der Waals surface area contributed by atoms with Crippen LogP contribution in [0.2, 0.25) is 0 Å². The van der Waals surface area contributed by atoms with Gasteiger partial charge >= 0.3 is 11.9 Å². The zero-order valence-corrected chi connectivity index (χ0v) is 45.7. The normalized spacial score (nSPS) is 45.8. The number of fused-ring (bicyclic) bond motifs is 1. The van der Waals surface area contributed by atoms with Crippen LogP contribution in [0.4, 0.5) is 0 Å². The van der Waals surface area contributed by atoms with Crippen LogP contribution in [0.5, 0.6) is 0 Å². The molecule has 14 N–H and O–H groups in total. The first-order chi connectivity index (χ1) is 39.2. The summed E-state index contributed by atoms with van der Waals surface area (Å²) >= 11 is 0. The first-order valence-corrected chi connectivity index (χ1v) is 27.9. The third-order valence-corrected chi connectivity index (χ3v) is 17.2. The third kappa shape index (κ3) is 14.9. The Hall–Kier alpha value is -3.38. The second-order valence-corrected chi connectivity index (χ2v) is 22.5. The van der Waals surface area contributed by atoms with E-state index in [4.69, 9.17) is 56.8 Å². The summed E-state index contributed by atoms with van der Waals surface area (Å²) in [5.41, 5.74) is 0.441. The first-order valence-electron chi connectivity index (χ1n) is 27.9. The smallest absolute Gasteiger partial charge is 0.331 e. The van der Waals surface area contributed by atoms with Crippen molar-refractivity contribution in [1.82, 2.24) is 0 Å². The number of carbonyl (C=O) groups excluding carboxylic acids is 2. The summed E-state index contributed by atoms with van der Waals surface area (Å²) in [5.74, 6) is -3.56. The molecule has 8 aliphatic rings. The number of esters is 2. The Bertz CT molecular complexity index is 2210. The average molecular weight is 1180 g/mol. The Morgan fingerprint density at radius 2 is 1.24 bits per heavy atom. The fraction of sp³-hybridized carbons (Fsp3) is 0.815. The van der Waals surface area contributed by atoms with Gasteiger partial charge in [0.1, 0.15) is 79.9 Å². The minimum Gasteiger partial charge on any atom is -0.506 e. The highest BCUT2D eigenvalue weighted by Gasteiger charge is 2.57. The van der Waals surface area contributed by atoms with Gasteiger partial charge in [-0.25, -0.2) is 9.59 Å². The van der Waals surface area contributed by atoms with E-state index in [1.54, 1.807) is 6.08 Å². The first kappa shape index (κ1) is 64.6. The molecule has 0 spiro atoms. The van der Waals surface area contributed by atoms with Crippen LogP contribution in [0.1, 0.15) is 64.2 Å². The van der Waals surface area contributed by atoms with E-state index < -0.39 is 197 Å². The van der Waals surface area contributed by atoms with Crippen LogP contribution in [0, 0.1) is 17.8 Å². The maximum Gasteiger partial charge on any atom is 0.331 e. The summed E-state index contributed by atoms with van der Waals surface area (Å²) in [4.78, 5) is 26.9. The quantitative estimate of drug-likeness (QED) is 0.0431. The van der Waals surface area contributed by atoms with Crippen molar-refractivity contribution in [2.75, 3.05) is 41.2 Å². The van der Waals surface area contributed by atoms with Crippen molar-refractivity contribution in [1.29, 1.82) is 0 Å². The van der Waals surface area contributed by atoms with Crippen molar-refractivity contribution in [3.8, 4) is 0 Å². The van der Waals surface area contributed by atoms with E-state index in [1.165, 1.54) is 39.6 Å². The zero-order chi connectivity index (χ0) is 59.3. The number of methoxy groups -OCH3 is 3. The van der Waals surface area contributed by atoms with Crippen LogP contribution in [0.15, 0.2) is 47.5 Å². The van der Waals surface area contributed by atoms with Gasteiger partial charge in [-0.1, -0.05) is 12.2 Å². The summed E-state index contributed by atoms with van der Waals surface area (Å²) in [6.45, 7) is -2.36. The maximum absolute atomic E-state index is 13.6. The van der Waals surface area contributed by atoms with Crippen molar-refractivity contribution in [3.05, 3.63) is 47.5 Å². The van der Waals surface area contributed by atoms with Gasteiger partial charge in [-0.15, -0.1) is 0 Å². The molecular formula is C54H82O28. The van der Waals surface area contributed by atoms with E-state index >= 15 is 0 Å². The van der Waals surface area contributed by atoms with Gasteiger partial charge in [-0.2, -0.15) is 0 Å². The number of hydrogen-bond acceptors (Lipinski definition) is 28. The average Bonchev–Trinajstić information content (AvgIpc) is 3.66. The van der Waals surface area contributed by atoms with E-state index in [2.05, 4.69) is 0 Å². The van der Waals surface area contributed by atoms with Crippen molar-refractivity contribution >= 4 is 11.9 Å². The molecule has 0 aromatic carbocycles. The Labute approximate surface area is 472 Å². The maximum atomic E-state index is 13.6. The summed E-state index contributed by atoms with van der Waals surface area (Å²) in [6, 6.07) is 0. The largest absolute Gasteiger partial charge is 0.506 e. The molecule has 466 valence electrons. The predicted molar refractivity (Wildman–Crippen MR) is 272 cm³/mol. The van der Waals surface area contributed by atoms with Gasteiger partial charge in [0.25, 0.3) is 0 Å². The van der Waals surface area contributed by atoms with Gasteiger partial charge < -0.3 is 128 Å². The highest BCUT2D eigenvalue weighted by atomic mass is 16.8. The Morgan fingerprint density at radius 3 is 1.93 bits per heavy atom. The molecule has 82 heavy (non-hydrogen) atoms. The Balaban J connectivity index is 1.09. The lowest BCUT2D eigenvalue weighted by molar-refractivity contribution is -0.380. The van der Waals surface area contributed by atoms with E-state index in [1.807, 2.05) is 0 Å². The van der Waals surface area contributed by atoms with Gasteiger partial charge in [0.05, 0.1) is 75.3 Å². The zero-order valence-electron chi connectivity index (χ0n) is 45.7. The lowest BCUT2D eigenvalue weighted by Crippen LogP contribution is -2.66. The topological polar surface area (TPSA) is 428 Å². The van der Waals surface area contributed by atoms with Crippen molar-refractivity contribution < 1.29 is 138 Å². The van der Waals surface area contributed by atoms with Gasteiger partial charge in [0.15, 0.2) is 36.5 Å². The van der Waals surface area contributed by atoms with Gasteiger partial charge in [-0.05, 0) is 74.9 Å². The molecular weight excluding hydrogens is 1100 g/mol. The standard InChI is InChI=1S/C54H82O28/c1-71-32-12-22(4-8-28(32)59)5-10-39(61)74-21-38-44(66)47(69)51(82-54-50(46(68)43(65)37(20-56)79-54)81-40(62)11-6-23-13-33(72-2)41(63)34(14-23)73-3)53(80-38)77-35-18-26-30(75-49(35)24-7-9-27(58)29(60)15-24)16-25(57)17-31(26)76-52-48(70)45(67)42(64)36(19-55)78-52/h5-6,10-11,13,22,24-32,34-38,42-60,63-70H,4,7-9,12,14-21H2,1-3H3/t22?,24?,25?,26?,27?,28?,29?,30?,31?,32?,34-,35?,36-,37-,38-,42-,43-,44-,45+,46+,47+,48-,49?,50-,51-,52-,53-,54+/m1/s1. The molecule has 4 saturated heterocycles. The molecule has 3 saturated carbocycles. The monoisotopic (exact) mass is 1180 g/mol. The van der Waals surface area contributed by atoms with Crippen LogP contribution in [-0.2, 0) is 66.4 Å². The van der Waals surface area contributed by atoms with Crippen molar-refractivity contribution in [2.24, 2.45) is 17.8 Å². The number of aliphatic hydroxyl groups is 14. The van der Waals surface area contributed by atoms with Crippen LogP contribution < -0.4 is 0 Å². The lowest BCUT2D eigenvalue weighted by atomic mass is 9.72. The Morgan fingerprint density at radius 1 is 0.598 bits per heavy atom. The number of carbonyl (C=O) groups is 2. The van der Waals surface area contributed by atoms with Gasteiger partial charge in [0, 0.05) is 45.1 Å². The highest BCUT2D eigenvalue weighted by Crippen LogP contribution is 2.46. The second kappa shape index (κ2) is 28.9. The summed E-state index contributed by atoms with van der Waals surface area (Å²) in [5, 5.41) is 152. The summed E-state index contributed by atoms with van der Waals surface area (Å²) < 4.78 is 71.3. The third-order valence-electron chi connectivity index (χ3n) is 17.2. The minimum absolute atomic E-state index is 0.0000159. The van der Waals surface area contributed by atoms with E-state index in [0.29, 0.717) is 24.8 Å². The number of allylic oxidation sites excluding steroid dienone is 3. The molecule has 0 amide bonds. The molecule has 0 radical (unpaired) electrons. The van der Waals surface area contributed by atoms with E-state index in [-0.39, 0.29) is 62.4 Å². The summed E-state index contributed by atoms with van der Waals surface area (Å²) in [7, 11) is 4.16. The number of aliphatic hydroxyl groups excluding tert-OH is 14. The number of rotatable bonds is 19. The second-order valence-electron chi connectivity index (χ2n) is 22.5. The lowest BCUT2D eigenvalue weighted by Gasteiger charge is -2.53. The van der Waals surface area contributed by atoms with Crippen molar-refractivity contribution in [2.45, 2.75) is 217 Å². The fourth-order valence-electron chi connectivity index (χ4n) is 12.4. The molecule has 0 bridgehead atoms. The van der Waals surface area contributed by atoms with Crippen LogP contribution in [-0.4, -0.2) is 278 Å². The molecule has 7 fully saturated rings. The Kier molecular flexibility index (Phi) is 22.8. The van der Waals surface area contributed by atoms with Crippen LogP contribution in [0.25, 0.3) is 0 Å². The molecule has 12 unspecified atom stereocenters. The molecule has 28 atom stereocenters. The predicted octanol–water partition coefficient (Wildman–Crippen LogP) is -4.22. The number of ether oxygens (including phenoxy) is 12. The molecule has 4 heterocycles. The molecule has 4 aliphatic carbocycles.